The number of thiophene rings is 1. The van der Waals surface area contributed by atoms with Crippen LogP contribution in [0.3, 0.4) is 0 Å². The predicted octanol–water partition coefficient (Wildman–Crippen LogP) is 3.46. The molecule has 2 heterocycles. The molecule has 82 valence electrons. The summed E-state index contributed by atoms with van der Waals surface area (Å²) in [6, 6.07) is 1.85. The van der Waals surface area contributed by atoms with Gasteiger partial charge in [0, 0.05) is 6.61 Å². The Kier molecular flexibility index (Phi) is 3.44. The Morgan fingerprint density at radius 2 is 2.40 bits per heavy atom. The third-order valence-electron chi connectivity index (χ3n) is 2.57. The molecule has 4 heteroatoms. The zero-order valence-corrected chi connectivity index (χ0v) is 10.2. The third-order valence-corrected chi connectivity index (χ3v) is 4.14. The highest BCUT2D eigenvalue weighted by Crippen LogP contribution is 2.29. The standard InChI is InChI=1S/C11H13ClO2S/c1-7-6-9(15-11(7)12)10(13)8-4-2-3-5-14-8/h6,8H,2-5H2,1H3. The van der Waals surface area contributed by atoms with Crippen molar-refractivity contribution >= 4 is 28.7 Å². The lowest BCUT2D eigenvalue weighted by atomic mass is 10.0. The number of aryl methyl sites for hydroxylation is 1. The molecule has 0 aliphatic carbocycles. The molecule has 0 aromatic carbocycles. The molecule has 1 fully saturated rings. The van der Waals surface area contributed by atoms with Gasteiger partial charge in [-0.15, -0.1) is 11.3 Å². The molecule has 0 spiro atoms. The van der Waals surface area contributed by atoms with Gasteiger partial charge in [-0.25, -0.2) is 0 Å². The van der Waals surface area contributed by atoms with Crippen LogP contribution in [0.2, 0.25) is 4.34 Å². The number of Topliss-reactive ketones (excluding diaryl/α,β-unsaturated/α-hetero) is 1. The van der Waals surface area contributed by atoms with Gasteiger partial charge in [0.05, 0.1) is 9.21 Å². The molecule has 1 aliphatic rings. The van der Waals surface area contributed by atoms with Crippen molar-refractivity contribution in [3.05, 3.63) is 20.8 Å². The Labute approximate surface area is 98.2 Å². The molecule has 0 saturated carbocycles. The van der Waals surface area contributed by atoms with E-state index in [2.05, 4.69) is 0 Å². The van der Waals surface area contributed by atoms with Crippen LogP contribution in [0.4, 0.5) is 0 Å². The van der Waals surface area contributed by atoms with Crippen LogP contribution in [0.5, 0.6) is 0 Å². The van der Waals surface area contributed by atoms with Gasteiger partial charge in [0.15, 0.2) is 0 Å². The van der Waals surface area contributed by atoms with Gasteiger partial charge >= 0.3 is 0 Å². The zero-order valence-electron chi connectivity index (χ0n) is 8.59. The van der Waals surface area contributed by atoms with Gasteiger partial charge in [-0.2, -0.15) is 0 Å². The number of ether oxygens (including phenoxy) is 1. The number of carbonyl (C=O) groups is 1. The third kappa shape index (κ3) is 2.41. The van der Waals surface area contributed by atoms with Crippen LogP contribution in [0.1, 0.15) is 34.5 Å². The zero-order chi connectivity index (χ0) is 10.8. The first-order chi connectivity index (χ1) is 7.18. The predicted molar refractivity (Wildman–Crippen MR) is 62.0 cm³/mol. The molecule has 0 N–H and O–H groups in total. The molecule has 1 saturated heterocycles. The van der Waals surface area contributed by atoms with Crippen molar-refractivity contribution in [3.8, 4) is 0 Å². The topological polar surface area (TPSA) is 26.3 Å². The van der Waals surface area contributed by atoms with Crippen molar-refractivity contribution in [3.63, 3.8) is 0 Å². The van der Waals surface area contributed by atoms with E-state index in [4.69, 9.17) is 16.3 Å². The molecule has 1 atom stereocenters. The van der Waals surface area contributed by atoms with E-state index < -0.39 is 0 Å². The number of halogens is 1. The molecular weight excluding hydrogens is 232 g/mol. The van der Waals surface area contributed by atoms with Crippen molar-refractivity contribution in [2.24, 2.45) is 0 Å². The van der Waals surface area contributed by atoms with E-state index in [0.29, 0.717) is 10.9 Å². The maximum absolute atomic E-state index is 12.0. The van der Waals surface area contributed by atoms with Crippen molar-refractivity contribution in [1.82, 2.24) is 0 Å². The van der Waals surface area contributed by atoms with Gasteiger partial charge < -0.3 is 4.74 Å². The van der Waals surface area contributed by atoms with Crippen LogP contribution < -0.4 is 0 Å². The molecule has 15 heavy (non-hydrogen) atoms. The second kappa shape index (κ2) is 4.64. The molecule has 0 radical (unpaired) electrons. The van der Waals surface area contributed by atoms with E-state index in [0.717, 1.165) is 29.7 Å². The van der Waals surface area contributed by atoms with Crippen LogP contribution >= 0.6 is 22.9 Å². The maximum Gasteiger partial charge on any atom is 0.201 e. The molecule has 1 aromatic rings. The lowest BCUT2D eigenvalue weighted by Crippen LogP contribution is -2.27. The highest BCUT2D eigenvalue weighted by atomic mass is 35.5. The highest BCUT2D eigenvalue weighted by Gasteiger charge is 2.24. The summed E-state index contributed by atoms with van der Waals surface area (Å²) in [4.78, 5) is 12.7. The van der Waals surface area contributed by atoms with Crippen molar-refractivity contribution < 1.29 is 9.53 Å². The van der Waals surface area contributed by atoms with E-state index in [9.17, 15) is 4.79 Å². The molecule has 2 nitrogen and oxygen atoms in total. The fraction of sp³-hybridized carbons (Fsp3) is 0.545. The summed E-state index contributed by atoms with van der Waals surface area (Å²) in [7, 11) is 0. The minimum atomic E-state index is -0.243. The second-order valence-electron chi connectivity index (χ2n) is 3.79. The Hall–Kier alpha value is -0.380. The summed E-state index contributed by atoms with van der Waals surface area (Å²) in [5, 5.41) is 0. The van der Waals surface area contributed by atoms with E-state index in [1.54, 1.807) is 0 Å². The normalized spacial score (nSPS) is 21.6. The summed E-state index contributed by atoms with van der Waals surface area (Å²) in [5.74, 6) is 0.0923. The van der Waals surface area contributed by atoms with Crippen LogP contribution in [0.15, 0.2) is 6.07 Å². The first kappa shape index (κ1) is 11.1. The fourth-order valence-electron chi connectivity index (χ4n) is 1.69. The van der Waals surface area contributed by atoms with Gasteiger partial charge in [-0.1, -0.05) is 11.6 Å². The fourth-order valence-corrected chi connectivity index (χ4v) is 2.87. The largest absolute Gasteiger partial charge is 0.370 e. The number of carbonyl (C=O) groups excluding carboxylic acids is 1. The summed E-state index contributed by atoms with van der Waals surface area (Å²) >= 11 is 7.29. The van der Waals surface area contributed by atoms with Crippen LogP contribution in [-0.4, -0.2) is 18.5 Å². The molecule has 2 rings (SSSR count). The Morgan fingerprint density at radius 3 is 2.93 bits per heavy atom. The minimum Gasteiger partial charge on any atom is -0.370 e. The van der Waals surface area contributed by atoms with E-state index in [1.165, 1.54) is 11.3 Å². The van der Waals surface area contributed by atoms with Crippen molar-refractivity contribution in [1.29, 1.82) is 0 Å². The van der Waals surface area contributed by atoms with Gasteiger partial charge in [0.1, 0.15) is 6.10 Å². The number of hydrogen-bond donors (Lipinski definition) is 0. The molecular formula is C11H13ClO2S. The Bertz CT molecular complexity index is 347. The van der Waals surface area contributed by atoms with Crippen molar-refractivity contribution in [2.75, 3.05) is 6.61 Å². The lowest BCUT2D eigenvalue weighted by molar-refractivity contribution is 0.0189. The van der Waals surface area contributed by atoms with E-state index in [-0.39, 0.29) is 11.9 Å². The summed E-state index contributed by atoms with van der Waals surface area (Å²) < 4.78 is 6.16. The first-order valence-electron chi connectivity index (χ1n) is 5.10. The van der Waals surface area contributed by atoms with Gasteiger partial charge in [-0.05, 0) is 37.8 Å². The number of hydrogen-bond acceptors (Lipinski definition) is 3. The van der Waals surface area contributed by atoms with E-state index >= 15 is 0 Å². The Balaban J connectivity index is 2.12. The van der Waals surface area contributed by atoms with Gasteiger partial charge in [0.2, 0.25) is 5.78 Å². The van der Waals surface area contributed by atoms with Crippen LogP contribution in [0, 0.1) is 6.92 Å². The quantitative estimate of drug-likeness (QED) is 0.745. The highest BCUT2D eigenvalue weighted by molar-refractivity contribution is 7.18. The van der Waals surface area contributed by atoms with Gasteiger partial charge in [-0.3, -0.25) is 4.79 Å². The first-order valence-corrected chi connectivity index (χ1v) is 6.29. The van der Waals surface area contributed by atoms with Crippen LogP contribution in [-0.2, 0) is 4.74 Å². The smallest absolute Gasteiger partial charge is 0.201 e. The van der Waals surface area contributed by atoms with E-state index in [1.807, 2.05) is 13.0 Å². The summed E-state index contributed by atoms with van der Waals surface area (Å²) in [6.45, 7) is 2.62. The maximum atomic E-state index is 12.0. The second-order valence-corrected chi connectivity index (χ2v) is 5.44. The average Bonchev–Trinajstić information content (AvgIpc) is 2.59. The molecule has 1 aliphatic heterocycles. The Morgan fingerprint density at radius 1 is 1.60 bits per heavy atom. The summed E-state index contributed by atoms with van der Waals surface area (Å²) in [5.41, 5.74) is 0.973. The van der Waals surface area contributed by atoms with Crippen molar-refractivity contribution in [2.45, 2.75) is 32.3 Å². The molecule has 1 aromatic heterocycles. The number of ketones is 1. The SMILES string of the molecule is Cc1cc(C(=O)C2CCCCO2)sc1Cl. The summed E-state index contributed by atoms with van der Waals surface area (Å²) in [6.07, 6.45) is 2.74. The molecule has 1 unspecified atom stereocenters. The number of rotatable bonds is 2. The van der Waals surface area contributed by atoms with Gasteiger partial charge in [0.25, 0.3) is 0 Å². The van der Waals surface area contributed by atoms with Crippen LogP contribution in [0.25, 0.3) is 0 Å². The molecule has 0 amide bonds. The monoisotopic (exact) mass is 244 g/mol. The minimum absolute atomic E-state index is 0.0923. The average molecular weight is 245 g/mol. The lowest BCUT2D eigenvalue weighted by Gasteiger charge is -2.20. The molecule has 0 bridgehead atoms.